The molecule has 0 aliphatic heterocycles. The van der Waals surface area contributed by atoms with E-state index >= 15 is 0 Å². The molecule has 0 aromatic carbocycles. The van der Waals surface area contributed by atoms with Crippen molar-refractivity contribution in [1.29, 1.82) is 0 Å². The maximum atomic E-state index is 9.09. The van der Waals surface area contributed by atoms with Crippen LogP contribution in [0.2, 0.25) is 0 Å². The van der Waals surface area contributed by atoms with Crippen molar-refractivity contribution in [1.82, 2.24) is 0 Å². The zero-order valence-corrected chi connectivity index (χ0v) is 11.8. The van der Waals surface area contributed by atoms with Crippen molar-refractivity contribution >= 4 is 5.97 Å². The molecule has 0 rings (SSSR count). The molecule has 0 aliphatic rings. The standard InChI is InChI=1S/C13H24O.C2H4O2/c1-3-5-6-7-8-9-10-11-12-13(14)4-2;1-2(3)4/h2,13-14H,3,5-12H2,1H3;1H3,(H,3,4)/t13-;/m0./s1. The van der Waals surface area contributed by atoms with Gasteiger partial charge in [0.1, 0.15) is 6.10 Å². The molecule has 0 amide bonds. The summed E-state index contributed by atoms with van der Waals surface area (Å²) in [6, 6.07) is 0. The summed E-state index contributed by atoms with van der Waals surface area (Å²) in [5, 5.41) is 16.5. The molecule has 0 aromatic rings. The van der Waals surface area contributed by atoms with Crippen LogP contribution in [0.25, 0.3) is 0 Å². The van der Waals surface area contributed by atoms with Crippen molar-refractivity contribution in [2.75, 3.05) is 0 Å². The van der Waals surface area contributed by atoms with Gasteiger partial charge >= 0.3 is 0 Å². The van der Waals surface area contributed by atoms with Crippen LogP contribution in [-0.2, 0) is 4.79 Å². The highest BCUT2D eigenvalue weighted by Crippen LogP contribution is 2.10. The molecule has 0 aliphatic carbocycles. The van der Waals surface area contributed by atoms with Crippen LogP contribution in [0.1, 0.15) is 71.6 Å². The third kappa shape index (κ3) is 24.3. The number of hydrogen-bond acceptors (Lipinski definition) is 2. The molecular weight excluding hydrogens is 228 g/mol. The van der Waals surface area contributed by atoms with Crippen LogP contribution >= 0.6 is 0 Å². The van der Waals surface area contributed by atoms with Gasteiger partial charge in [-0.2, -0.15) is 0 Å². The second kappa shape index (κ2) is 16.0. The summed E-state index contributed by atoms with van der Waals surface area (Å²) in [5.74, 6) is 1.51. The van der Waals surface area contributed by atoms with Crippen molar-refractivity contribution in [3.8, 4) is 12.3 Å². The predicted molar refractivity (Wildman–Crippen MR) is 75.4 cm³/mol. The largest absolute Gasteiger partial charge is 0.481 e. The first-order valence-corrected chi connectivity index (χ1v) is 6.88. The van der Waals surface area contributed by atoms with E-state index in [0.717, 1.165) is 19.8 Å². The lowest BCUT2D eigenvalue weighted by Gasteiger charge is -2.03. The molecule has 0 fully saturated rings. The molecule has 0 saturated carbocycles. The minimum absolute atomic E-state index is 0.518. The highest BCUT2D eigenvalue weighted by molar-refractivity contribution is 5.62. The number of aliphatic hydroxyl groups is 1. The number of rotatable bonds is 9. The predicted octanol–water partition coefficient (Wildman–Crippen LogP) is 3.60. The van der Waals surface area contributed by atoms with Crippen LogP contribution in [0, 0.1) is 12.3 Å². The Balaban J connectivity index is 0. The Kier molecular flexibility index (Phi) is 17.2. The summed E-state index contributed by atoms with van der Waals surface area (Å²) in [7, 11) is 0. The molecule has 0 unspecified atom stereocenters. The molecule has 3 nitrogen and oxygen atoms in total. The second-order valence-corrected chi connectivity index (χ2v) is 4.47. The van der Waals surface area contributed by atoms with Crippen molar-refractivity contribution < 1.29 is 15.0 Å². The fraction of sp³-hybridized carbons (Fsp3) is 0.800. The Bertz CT molecular complexity index is 214. The number of carboxylic acid groups (broad SMARTS) is 1. The second-order valence-electron chi connectivity index (χ2n) is 4.47. The van der Waals surface area contributed by atoms with Crippen molar-refractivity contribution in [2.45, 2.75) is 77.7 Å². The summed E-state index contributed by atoms with van der Waals surface area (Å²) in [4.78, 5) is 9.00. The fourth-order valence-corrected chi connectivity index (χ4v) is 1.55. The molecular formula is C15H28O3. The quantitative estimate of drug-likeness (QED) is 0.489. The first-order chi connectivity index (χ1) is 8.54. The van der Waals surface area contributed by atoms with E-state index in [2.05, 4.69) is 12.8 Å². The number of aliphatic carboxylic acids is 1. The smallest absolute Gasteiger partial charge is 0.300 e. The van der Waals surface area contributed by atoms with Gasteiger partial charge in [-0.15, -0.1) is 6.42 Å². The maximum absolute atomic E-state index is 9.09. The van der Waals surface area contributed by atoms with E-state index in [9.17, 15) is 0 Å². The first-order valence-electron chi connectivity index (χ1n) is 6.88. The normalized spacial score (nSPS) is 11.0. The molecule has 0 spiro atoms. The van der Waals surface area contributed by atoms with Gasteiger partial charge in [-0.3, -0.25) is 4.79 Å². The van der Waals surface area contributed by atoms with E-state index in [-0.39, 0.29) is 0 Å². The van der Waals surface area contributed by atoms with Gasteiger partial charge in [-0.05, 0) is 12.8 Å². The molecule has 106 valence electrons. The van der Waals surface area contributed by atoms with E-state index in [1.807, 2.05) is 0 Å². The summed E-state index contributed by atoms with van der Waals surface area (Å²) >= 11 is 0. The Morgan fingerprint density at radius 1 is 1.11 bits per heavy atom. The molecule has 0 radical (unpaired) electrons. The zero-order valence-electron chi connectivity index (χ0n) is 11.8. The molecule has 0 saturated heterocycles. The highest BCUT2D eigenvalue weighted by atomic mass is 16.4. The number of aliphatic hydroxyl groups excluding tert-OH is 1. The van der Waals surface area contributed by atoms with E-state index in [1.165, 1.54) is 44.9 Å². The SMILES string of the molecule is C#C[C@H](O)CCCCCCCCCC.CC(=O)O. The monoisotopic (exact) mass is 256 g/mol. The van der Waals surface area contributed by atoms with Crippen molar-refractivity contribution in [2.24, 2.45) is 0 Å². The van der Waals surface area contributed by atoms with E-state index in [4.69, 9.17) is 21.4 Å². The van der Waals surface area contributed by atoms with Gasteiger partial charge in [0.15, 0.2) is 0 Å². The van der Waals surface area contributed by atoms with Crippen LogP contribution in [0.15, 0.2) is 0 Å². The molecule has 1 atom stereocenters. The maximum Gasteiger partial charge on any atom is 0.300 e. The average molecular weight is 256 g/mol. The fourth-order valence-electron chi connectivity index (χ4n) is 1.55. The molecule has 0 bridgehead atoms. The van der Waals surface area contributed by atoms with E-state index in [0.29, 0.717) is 0 Å². The Morgan fingerprint density at radius 2 is 1.50 bits per heavy atom. The molecule has 2 N–H and O–H groups in total. The Hall–Kier alpha value is -1.01. The summed E-state index contributed by atoms with van der Waals surface area (Å²) in [5.41, 5.74) is 0. The van der Waals surface area contributed by atoms with Gasteiger partial charge in [-0.25, -0.2) is 0 Å². The Labute approximate surface area is 112 Å². The van der Waals surface area contributed by atoms with Gasteiger partial charge in [0.25, 0.3) is 5.97 Å². The third-order valence-electron chi connectivity index (χ3n) is 2.52. The van der Waals surface area contributed by atoms with Crippen molar-refractivity contribution in [3.05, 3.63) is 0 Å². The summed E-state index contributed by atoms with van der Waals surface area (Å²) in [6.07, 6.45) is 15.7. The summed E-state index contributed by atoms with van der Waals surface area (Å²) < 4.78 is 0. The Morgan fingerprint density at radius 3 is 1.89 bits per heavy atom. The third-order valence-corrected chi connectivity index (χ3v) is 2.52. The number of carboxylic acids is 1. The number of carbonyl (C=O) groups is 1. The molecule has 18 heavy (non-hydrogen) atoms. The molecule has 3 heteroatoms. The van der Waals surface area contributed by atoms with Gasteiger partial charge in [0.05, 0.1) is 0 Å². The number of hydrogen-bond donors (Lipinski definition) is 2. The number of unbranched alkanes of at least 4 members (excludes halogenated alkanes) is 7. The van der Waals surface area contributed by atoms with Gasteiger partial charge in [0.2, 0.25) is 0 Å². The number of terminal acetylenes is 1. The van der Waals surface area contributed by atoms with Crippen LogP contribution < -0.4 is 0 Å². The van der Waals surface area contributed by atoms with Crippen LogP contribution in [0.4, 0.5) is 0 Å². The lowest BCUT2D eigenvalue weighted by atomic mass is 10.1. The van der Waals surface area contributed by atoms with Gasteiger partial charge < -0.3 is 10.2 Å². The van der Waals surface area contributed by atoms with Gasteiger partial charge in [0, 0.05) is 6.92 Å². The minimum Gasteiger partial charge on any atom is -0.481 e. The lowest BCUT2D eigenvalue weighted by Crippen LogP contribution is -2.01. The highest BCUT2D eigenvalue weighted by Gasteiger charge is 1.97. The van der Waals surface area contributed by atoms with E-state index in [1.54, 1.807) is 0 Å². The van der Waals surface area contributed by atoms with Crippen LogP contribution in [0.5, 0.6) is 0 Å². The van der Waals surface area contributed by atoms with Crippen LogP contribution in [-0.4, -0.2) is 22.3 Å². The molecule has 0 heterocycles. The van der Waals surface area contributed by atoms with Crippen molar-refractivity contribution in [3.63, 3.8) is 0 Å². The topological polar surface area (TPSA) is 57.5 Å². The zero-order chi connectivity index (χ0) is 14.2. The lowest BCUT2D eigenvalue weighted by molar-refractivity contribution is -0.134. The minimum atomic E-state index is -0.833. The average Bonchev–Trinajstić information content (AvgIpc) is 2.31. The van der Waals surface area contributed by atoms with E-state index < -0.39 is 12.1 Å². The van der Waals surface area contributed by atoms with Crippen LogP contribution in [0.3, 0.4) is 0 Å². The molecule has 0 aromatic heterocycles. The first kappa shape index (κ1) is 19.3. The van der Waals surface area contributed by atoms with Gasteiger partial charge in [-0.1, -0.05) is 57.8 Å². The summed E-state index contributed by atoms with van der Waals surface area (Å²) in [6.45, 7) is 3.32.